The summed E-state index contributed by atoms with van der Waals surface area (Å²) in [6.07, 6.45) is 2.85. The molecule has 0 saturated heterocycles. The van der Waals surface area contributed by atoms with Crippen molar-refractivity contribution >= 4 is 29.0 Å². The molecular weight excluding hydrogens is 324 g/mol. The minimum absolute atomic E-state index is 0.0390. The second-order valence-corrected chi connectivity index (χ2v) is 6.21. The number of likely N-dealkylation sites (N-methyl/N-ethyl adjacent to an activating group) is 1. The van der Waals surface area contributed by atoms with Crippen LogP contribution in [0.5, 0.6) is 0 Å². The van der Waals surface area contributed by atoms with Gasteiger partial charge in [-0.15, -0.1) is 0 Å². The van der Waals surface area contributed by atoms with Crippen LogP contribution in [0.4, 0.5) is 11.5 Å². The largest absolute Gasteiger partial charge is 0.355 e. The zero-order valence-corrected chi connectivity index (χ0v) is 14.7. The lowest BCUT2D eigenvalue weighted by Gasteiger charge is -2.31. The molecule has 1 amide bonds. The third-order valence-electron chi connectivity index (χ3n) is 4.26. The van der Waals surface area contributed by atoms with Crippen molar-refractivity contribution in [2.75, 3.05) is 11.4 Å². The maximum Gasteiger partial charge on any atom is 0.242 e. The SMILES string of the molecule is CCNC(=O)C(C)N(c1ccccc1)c1nc(Cl)nc2c1CCC2. The number of anilines is 2. The number of nitrogens with one attached hydrogen (secondary N) is 1. The van der Waals surface area contributed by atoms with E-state index in [4.69, 9.17) is 11.6 Å². The summed E-state index contributed by atoms with van der Waals surface area (Å²) in [4.78, 5) is 23.3. The molecule has 0 saturated carbocycles. The summed E-state index contributed by atoms with van der Waals surface area (Å²) in [5.74, 6) is 0.704. The molecule has 0 aliphatic heterocycles. The van der Waals surface area contributed by atoms with Crippen LogP contribution in [-0.2, 0) is 17.6 Å². The average Bonchev–Trinajstić information content (AvgIpc) is 3.04. The molecule has 1 heterocycles. The van der Waals surface area contributed by atoms with Crippen molar-refractivity contribution in [3.8, 4) is 0 Å². The number of benzene rings is 1. The van der Waals surface area contributed by atoms with E-state index in [1.165, 1.54) is 0 Å². The number of hydrogen-bond acceptors (Lipinski definition) is 4. The lowest BCUT2D eigenvalue weighted by molar-refractivity contribution is -0.121. The number of amides is 1. The Bertz CT molecular complexity index is 735. The second-order valence-electron chi connectivity index (χ2n) is 5.87. The molecule has 6 heteroatoms. The summed E-state index contributed by atoms with van der Waals surface area (Å²) in [6, 6.07) is 9.42. The lowest BCUT2D eigenvalue weighted by atomic mass is 10.1. The van der Waals surface area contributed by atoms with Gasteiger partial charge in [0.05, 0.1) is 5.69 Å². The number of aryl methyl sites for hydroxylation is 1. The van der Waals surface area contributed by atoms with Gasteiger partial charge in [-0.25, -0.2) is 4.98 Å². The predicted molar refractivity (Wildman–Crippen MR) is 95.8 cm³/mol. The summed E-state index contributed by atoms with van der Waals surface area (Å²) in [7, 11) is 0. The number of rotatable bonds is 5. The van der Waals surface area contributed by atoms with Gasteiger partial charge in [-0.2, -0.15) is 4.98 Å². The summed E-state index contributed by atoms with van der Waals surface area (Å²) in [5.41, 5.74) is 3.01. The highest BCUT2D eigenvalue weighted by molar-refractivity contribution is 6.28. The van der Waals surface area contributed by atoms with Crippen molar-refractivity contribution < 1.29 is 4.79 Å². The molecule has 5 nitrogen and oxygen atoms in total. The molecule has 24 heavy (non-hydrogen) atoms. The normalized spacial score (nSPS) is 14.1. The molecule has 1 aromatic heterocycles. The third-order valence-corrected chi connectivity index (χ3v) is 4.43. The molecule has 1 unspecified atom stereocenters. The van der Waals surface area contributed by atoms with E-state index >= 15 is 0 Å². The average molecular weight is 345 g/mol. The van der Waals surface area contributed by atoms with Crippen molar-refractivity contribution in [3.63, 3.8) is 0 Å². The lowest BCUT2D eigenvalue weighted by Crippen LogP contribution is -2.43. The van der Waals surface area contributed by atoms with E-state index in [1.807, 2.05) is 49.1 Å². The third kappa shape index (κ3) is 3.22. The molecule has 1 atom stereocenters. The zero-order chi connectivity index (χ0) is 17.1. The summed E-state index contributed by atoms with van der Waals surface area (Å²) >= 11 is 6.16. The first-order valence-electron chi connectivity index (χ1n) is 8.29. The van der Waals surface area contributed by atoms with Crippen LogP contribution in [0, 0.1) is 0 Å². The van der Waals surface area contributed by atoms with E-state index in [-0.39, 0.29) is 11.2 Å². The Kier molecular flexibility index (Phi) is 5.00. The van der Waals surface area contributed by atoms with Gasteiger partial charge in [-0.3, -0.25) is 4.79 Å². The molecule has 0 bridgehead atoms. The minimum atomic E-state index is -0.400. The van der Waals surface area contributed by atoms with Crippen LogP contribution in [0.1, 0.15) is 31.5 Å². The minimum Gasteiger partial charge on any atom is -0.355 e. The fraction of sp³-hybridized carbons (Fsp3) is 0.389. The number of halogens is 1. The van der Waals surface area contributed by atoms with Gasteiger partial charge in [0.15, 0.2) is 0 Å². The van der Waals surface area contributed by atoms with Crippen molar-refractivity contribution in [1.29, 1.82) is 0 Å². The first-order valence-corrected chi connectivity index (χ1v) is 8.67. The molecule has 126 valence electrons. The Labute approximate surface area is 147 Å². The van der Waals surface area contributed by atoms with Gasteiger partial charge in [-0.1, -0.05) is 18.2 Å². The molecule has 0 fully saturated rings. The van der Waals surface area contributed by atoms with Gasteiger partial charge in [0.2, 0.25) is 11.2 Å². The van der Waals surface area contributed by atoms with Crippen molar-refractivity contribution in [2.45, 2.75) is 39.2 Å². The smallest absolute Gasteiger partial charge is 0.242 e. The van der Waals surface area contributed by atoms with E-state index in [9.17, 15) is 4.79 Å². The molecule has 2 aromatic rings. The van der Waals surface area contributed by atoms with Crippen LogP contribution >= 0.6 is 11.6 Å². The standard InChI is InChI=1S/C18H21ClN4O/c1-3-20-17(24)12(2)23(13-8-5-4-6-9-13)16-14-10-7-11-15(14)21-18(19)22-16/h4-6,8-9,12H,3,7,10-11H2,1-2H3,(H,20,24). The number of fused-ring (bicyclic) bond motifs is 1. The maximum absolute atomic E-state index is 12.5. The van der Waals surface area contributed by atoms with Gasteiger partial charge >= 0.3 is 0 Å². The molecule has 1 aliphatic rings. The quantitative estimate of drug-likeness (QED) is 0.846. The van der Waals surface area contributed by atoms with Gasteiger partial charge in [0.1, 0.15) is 11.9 Å². The number of nitrogens with zero attached hydrogens (tertiary/aromatic N) is 3. The Hall–Kier alpha value is -2.14. The monoisotopic (exact) mass is 344 g/mol. The summed E-state index contributed by atoms with van der Waals surface area (Å²) < 4.78 is 0. The fourth-order valence-corrected chi connectivity index (χ4v) is 3.32. The predicted octanol–water partition coefficient (Wildman–Crippen LogP) is 3.28. The van der Waals surface area contributed by atoms with E-state index in [0.29, 0.717) is 6.54 Å². The van der Waals surface area contributed by atoms with Crippen LogP contribution in [0.25, 0.3) is 0 Å². The molecule has 0 radical (unpaired) electrons. The van der Waals surface area contributed by atoms with Crippen molar-refractivity contribution in [2.24, 2.45) is 0 Å². The highest BCUT2D eigenvalue weighted by atomic mass is 35.5. The topological polar surface area (TPSA) is 58.1 Å². The van der Waals surface area contributed by atoms with Crippen molar-refractivity contribution in [3.05, 3.63) is 46.9 Å². The Balaban J connectivity index is 2.11. The molecule has 1 aliphatic carbocycles. The van der Waals surface area contributed by atoms with Gasteiger partial charge < -0.3 is 10.2 Å². The number of hydrogen-bond donors (Lipinski definition) is 1. The number of para-hydroxylation sites is 1. The highest BCUT2D eigenvalue weighted by Gasteiger charge is 2.29. The van der Waals surface area contributed by atoms with E-state index in [1.54, 1.807) is 0 Å². The zero-order valence-electron chi connectivity index (χ0n) is 13.9. The second kappa shape index (κ2) is 7.18. The van der Waals surface area contributed by atoms with Gasteiger partial charge in [0.25, 0.3) is 0 Å². The highest BCUT2D eigenvalue weighted by Crippen LogP contribution is 2.35. The van der Waals surface area contributed by atoms with Crippen LogP contribution in [-0.4, -0.2) is 28.5 Å². The fourth-order valence-electron chi connectivity index (χ4n) is 3.14. The van der Waals surface area contributed by atoms with Gasteiger partial charge in [0, 0.05) is 17.8 Å². The first-order chi connectivity index (χ1) is 11.6. The molecule has 1 N–H and O–H groups in total. The Morgan fingerprint density at radius 2 is 2.04 bits per heavy atom. The van der Waals surface area contributed by atoms with Crippen molar-refractivity contribution in [1.82, 2.24) is 15.3 Å². The number of carbonyl (C=O) groups excluding carboxylic acids is 1. The maximum atomic E-state index is 12.5. The van der Waals surface area contributed by atoms with E-state index in [0.717, 1.165) is 42.0 Å². The van der Waals surface area contributed by atoms with E-state index in [2.05, 4.69) is 15.3 Å². The molecule has 0 spiro atoms. The summed E-state index contributed by atoms with van der Waals surface area (Å²) in [5, 5.41) is 3.12. The van der Waals surface area contributed by atoms with Gasteiger partial charge in [-0.05, 0) is 56.8 Å². The molecule has 1 aromatic carbocycles. The molecular formula is C18H21ClN4O. The van der Waals surface area contributed by atoms with Crippen LogP contribution < -0.4 is 10.2 Å². The van der Waals surface area contributed by atoms with Crippen LogP contribution in [0.15, 0.2) is 30.3 Å². The van der Waals surface area contributed by atoms with E-state index < -0.39 is 6.04 Å². The van der Waals surface area contributed by atoms with Crippen LogP contribution in [0.3, 0.4) is 0 Å². The Morgan fingerprint density at radius 3 is 2.75 bits per heavy atom. The Morgan fingerprint density at radius 1 is 1.29 bits per heavy atom. The first kappa shape index (κ1) is 16.7. The number of carbonyl (C=O) groups is 1. The number of aromatic nitrogens is 2. The summed E-state index contributed by atoms with van der Waals surface area (Å²) in [6.45, 7) is 4.39. The van der Waals surface area contributed by atoms with Crippen LogP contribution in [0.2, 0.25) is 5.28 Å². The molecule has 3 rings (SSSR count).